The molecule has 1 unspecified atom stereocenters. The summed E-state index contributed by atoms with van der Waals surface area (Å²) in [5.74, 6) is 0.785. The molecule has 0 radical (unpaired) electrons. The van der Waals surface area contributed by atoms with Crippen LogP contribution in [0.4, 0.5) is 5.69 Å². The van der Waals surface area contributed by atoms with Crippen LogP contribution in [0, 0.1) is 13.8 Å². The lowest BCUT2D eigenvalue weighted by Gasteiger charge is -2.11. The number of benzene rings is 2. The summed E-state index contributed by atoms with van der Waals surface area (Å²) in [6.07, 6.45) is 0. The molecule has 0 spiro atoms. The molecule has 0 aliphatic carbocycles. The standard InChI is InChI=1S/C20H20ClN3O3S/c1-11-7-12(2)9-14(8-11)19-23-24-20(27-19)28-13(3)18(25)22-15-5-6-17(26-4)16(21)10-15/h5-10,13H,1-4H3,(H,22,25). The fraction of sp³-hybridized carbons (Fsp3) is 0.250. The van der Waals surface area contributed by atoms with Crippen LogP contribution in [0.3, 0.4) is 0 Å². The highest BCUT2D eigenvalue weighted by Gasteiger charge is 2.19. The molecule has 0 aliphatic heterocycles. The highest BCUT2D eigenvalue weighted by Crippen LogP contribution is 2.29. The van der Waals surface area contributed by atoms with Gasteiger partial charge in [-0.05, 0) is 51.1 Å². The second kappa shape index (κ2) is 8.67. The molecule has 0 saturated heterocycles. The Hall–Kier alpha value is -2.51. The van der Waals surface area contributed by atoms with Gasteiger partial charge in [0.2, 0.25) is 11.8 Å². The zero-order valence-corrected chi connectivity index (χ0v) is 17.5. The highest BCUT2D eigenvalue weighted by atomic mass is 35.5. The normalized spacial score (nSPS) is 11.9. The van der Waals surface area contributed by atoms with Crippen molar-refractivity contribution in [3.63, 3.8) is 0 Å². The van der Waals surface area contributed by atoms with E-state index in [-0.39, 0.29) is 5.91 Å². The first-order valence-corrected chi connectivity index (χ1v) is 9.84. The Morgan fingerprint density at radius 2 is 1.89 bits per heavy atom. The summed E-state index contributed by atoms with van der Waals surface area (Å²) in [7, 11) is 1.54. The fourth-order valence-electron chi connectivity index (χ4n) is 2.66. The minimum atomic E-state index is -0.437. The van der Waals surface area contributed by atoms with Gasteiger partial charge in [0.15, 0.2) is 0 Å². The second-order valence-electron chi connectivity index (χ2n) is 6.35. The van der Waals surface area contributed by atoms with Crippen LogP contribution in [0.2, 0.25) is 5.02 Å². The average Bonchev–Trinajstić information content (AvgIpc) is 3.09. The molecule has 3 aromatic rings. The summed E-state index contributed by atoms with van der Waals surface area (Å²) in [5.41, 5.74) is 3.69. The molecule has 1 amide bonds. The smallest absolute Gasteiger partial charge is 0.277 e. The molecule has 3 rings (SSSR count). The van der Waals surface area contributed by atoms with Crippen molar-refractivity contribution in [2.45, 2.75) is 31.2 Å². The Bertz CT molecular complexity index is 986. The summed E-state index contributed by atoms with van der Waals surface area (Å²) >= 11 is 7.29. The number of methoxy groups -OCH3 is 1. The number of nitrogens with one attached hydrogen (secondary N) is 1. The number of thioether (sulfide) groups is 1. The van der Waals surface area contributed by atoms with E-state index in [0.29, 0.717) is 27.6 Å². The number of rotatable bonds is 6. The number of amides is 1. The molecule has 0 fully saturated rings. The van der Waals surface area contributed by atoms with Crippen LogP contribution in [0.25, 0.3) is 11.5 Å². The molecular weight excluding hydrogens is 398 g/mol. The SMILES string of the molecule is COc1ccc(NC(=O)C(C)Sc2nnc(-c3cc(C)cc(C)c3)o2)cc1Cl. The van der Waals surface area contributed by atoms with E-state index >= 15 is 0 Å². The number of nitrogens with zero attached hydrogens (tertiary/aromatic N) is 2. The van der Waals surface area contributed by atoms with Crippen molar-refractivity contribution in [3.05, 3.63) is 52.5 Å². The minimum absolute atomic E-state index is 0.197. The maximum Gasteiger partial charge on any atom is 0.277 e. The molecule has 146 valence electrons. The van der Waals surface area contributed by atoms with Gasteiger partial charge in [-0.3, -0.25) is 4.79 Å². The Morgan fingerprint density at radius 1 is 1.18 bits per heavy atom. The zero-order valence-electron chi connectivity index (χ0n) is 15.9. The van der Waals surface area contributed by atoms with Gasteiger partial charge in [0.05, 0.1) is 17.4 Å². The average molecular weight is 418 g/mol. The van der Waals surface area contributed by atoms with Crippen LogP contribution in [0.15, 0.2) is 46.0 Å². The Balaban J connectivity index is 1.66. The predicted octanol–water partition coefficient (Wildman–Crippen LogP) is 5.13. The lowest BCUT2D eigenvalue weighted by molar-refractivity contribution is -0.115. The highest BCUT2D eigenvalue weighted by molar-refractivity contribution is 8.00. The van der Waals surface area contributed by atoms with Gasteiger partial charge < -0.3 is 14.5 Å². The van der Waals surface area contributed by atoms with Crippen molar-refractivity contribution in [1.29, 1.82) is 0 Å². The van der Waals surface area contributed by atoms with Crippen molar-refractivity contribution in [2.24, 2.45) is 0 Å². The molecular formula is C20H20ClN3O3S. The van der Waals surface area contributed by atoms with Crippen LogP contribution in [0.1, 0.15) is 18.1 Å². The van der Waals surface area contributed by atoms with Crippen molar-refractivity contribution < 1.29 is 13.9 Å². The summed E-state index contributed by atoms with van der Waals surface area (Å²) in [4.78, 5) is 12.5. The van der Waals surface area contributed by atoms with E-state index in [9.17, 15) is 4.79 Å². The molecule has 8 heteroatoms. The summed E-state index contributed by atoms with van der Waals surface area (Å²) in [5, 5.41) is 11.3. The van der Waals surface area contributed by atoms with E-state index in [1.807, 2.05) is 26.0 Å². The zero-order chi connectivity index (χ0) is 20.3. The first-order chi connectivity index (χ1) is 13.4. The first kappa shape index (κ1) is 20.2. The van der Waals surface area contributed by atoms with Crippen LogP contribution < -0.4 is 10.1 Å². The van der Waals surface area contributed by atoms with Crippen molar-refractivity contribution in [2.75, 3.05) is 12.4 Å². The predicted molar refractivity (Wildman–Crippen MR) is 111 cm³/mol. The van der Waals surface area contributed by atoms with Crippen LogP contribution >= 0.6 is 23.4 Å². The third kappa shape index (κ3) is 4.85. The number of ether oxygens (including phenoxy) is 1. The van der Waals surface area contributed by atoms with E-state index in [1.54, 1.807) is 25.1 Å². The Morgan fingerprint density at radius 3 is 2.54 bits per heavy atom. The number of carbonyl (C=O) groups is 1. The van der Waals surface area contributed by atoms with Gasteiger partial charge in [-0.2, -0.15) is 0 Å². The summed E-state index contributed by atoms with van der Waals surface area (Å²) in [6, 6.07) is 11.1. The molecule has 0 aliphatic rings. The van der Waals surface area contributed by atoms with Crippen molar-refractivity contribution in [1.82, 2.24) is 10.2 Å². The van der Waals surface area contributed by atoms with E-state index in [2.05, 4.69) is 21.6 Å². The molecule has 28 heavy (non-hydrogen) atoms. The lowest BCUT2D eigenvalue weighted by atomic mass is 10.1. The summed E-state index contributed by atoms with van der Waals surface area (Å²) in [6.45, 7) is 5.80. The van der Waals surface area contributed by atoms with Gasteiger partial charge in [0.1, 0.15) is 5.75 Å². The third-order valence-corrected chi connectivity index (χ3v) is 5.17. The largest absolute Gasteiger partial charge is 0.495 e. The number of anilines is 1. The van der Waals surface area contributed by atoms with Gasteiger partial charge in [0.25, 0.3) is 5.22 Å². The molecule has 1 atom stereocenters. The topological polar surface area (TPSA) is 77.2 Å². The number of halogens is 1. The van der Waals surface area contributed by atoms with Crippen molar-refractivity contribution in [3.8, 4) is 17.2 Å². The van der Waals surface area contributed by atoms with E-state index < -0.39 is 5.25 Å². The number of aromatic nitrogens is 2. The van der Waals surface area contributed by atoms with Gasteiger partial charge in [-0.25, -0.2) is 0 Å². The van der Waals surface area contributed by atoms with Gasteiger partial charge in [-0.1, -0.05) is 40.6 Å². The molecule has 1 aromatic heterocycles. The summed E-state index contributed by atoms with van der Waals surface area (Å²) < 4.78 is 10.8. The molecule has 2 aromatic carbocycles. The van der Waals surface area contributed by atoms with Gasteiger partial charge in [0, 0.05) is 11.3 Å². The third-order valence-electron chi connectivity index (χ3n) is 3.94. The Kier molecular flexibility index (Phi) is 6.26. The van der Waals surface area contributed by atoms with Crippen LogP contribution in [-0.2, 0) is 4.79 Å². The number of hydrogen-bond donors (Lipinski definition) is 1. The maximum atomic E-state index is 12.5. The van der Waals surface area contributed by atoms with Gasteiger partial charge >= 0.3 is 0 Å². The molecule has 0 bridgehead atoms. The second-order valence-corrected chi connectivity index (χ2v) is 8.05. The maximum absolute atomic E-state index is 12.5. The fourth-order valence-corrected chi connectivity index (χ4v) is 3.61. The van der Waals surface area contributed by atoms with Crippen LogP contribution in [-0.4, -0.2) is 28.5 Å². The Labute approximate surface area is 172 Å². The molecule has 0 saturated carbocycles. The van der Waals surface area contributed by atoms with Crippen LogP contribution in [0.5, 0.6) is 5.75 Å². The number of hydrogen-bond acceptors (Lipinski definition) is 6. The monoisotopic (exact) mass is 417 g/mol. The van der Waals surface area contributed by atoms with E-state index in [4.69, 9.17) is 20.8 Å². The van der Waals surface area contributed by atoms with E-state index in [0.717, 1.165) is 16.7 Å². The van der Waals surface area contributed by atoms with Crippen molar-refractivity contribution >= 4 is 35.0 Å². The minimum Gasteiger partial charge on any atom is -0.495 e. The number of aryl methyl sites for hydroxylation is 2. The number of carbonyl (C=O) groups excluding carboxylic acids is 1. The quantitative estimate of drug-likeness (QED) is 0.560. The molecule has 6 nitrogen and oxygen atoms in total. The lowest BCUT2D eigenvalue weighted by Crippen LogP contribution is -2.22. The molecule has 1 N–H and O–H groups in total. The molecule has 1 heterocycles. The van der Waals surface area contributed by atoms with E-state index in [1.165, 1.54) is 18.9 Å². The first-order valence-electron chi connectivity index (χ1n) is 8.59. The van der Waals surface area contributed by atoms with Gasteiger partial charge in [-0.15, -0.1) is 10.2 Å².